The van der Waals surface area contributed by atoms with Gasteiger partial charge in [-0.1, -0.05) is 24.3 Å². The summed E-state index contributed by atoms with van der Waals surface area (Å²) in [5, 5.41) is 13.1. The van der Waals surface area contributed by atoms with Crippen LogP contribution in [-0.4, -0.2) is 56.4 Å². The molecule has 0 fully saturated rings. The van der Waals surface area contributed by atoms with Crippen LogP contribution in [0.15, 0.2) is 36.9 Å². The van der Waals surface area contributed by atoms with Crippen LogP contribution in [0.2, 0.25) is 0 Å². The van der Waals surface area contributed by atoms with Crippen molar-refractivity contribution in [3.63, 3.8) is 0 Å². The van der Waals surface area contributed by atoms with Gasteiger partial charge in [-0.3, -0.25) is 0 Å². The minimum absolute atomic E-state index is 0.295. The smallest absolute Gasteiger partial charge is 0.122 e. The van der Waals surface area contributed by atoms with Crippen LogP contribution < -0.4 is 10.1 Å². The number of nitrogens with zero attached hydrogens (tertiary/aromatic N) is 1. The van der Waals surface area contributed by atoms with Crippen molar-refractivity contribution in [2.24, 2.45) is 0 Å². The van der Waals surface area contributed by atoms with Crippen molar-refractivity contribution < 1.29 is 9.84 Å². The van der Waals surface area contributed by atoms with Crippen molar-refractivity contribution in [2.45, 2.75) is 12.5 Å². The monoisotopic (exact) mass is 278 g/mol. The van der Waals surface area contributed by atoms with Crippen molar-refractivity contribution in [1.29, 1.82) is 0 Å². The predicted molar refractivity (Wildman–Crippen MR) is 83.3 cm³/mol. The summed E-state index contributed by atoms with van der Waals surface area (Å²) in [5.41, 5.74) is 1.09. The summed E-state index contributed by atoms with van der Waals surface area (Å²) in [4.78, 5) is 2.10. The van der Waals surface area contributed by atoms with Gasteiger partial charge < -0.3 is 20.1 Å². The first-order chi connectivity index (χ1) is 9.63. The first-order valence-electron chi connectivity index (χ1n) is 6.98. The molecule has 0 saturated carbocycles. The molecule has 20 heavy (non-hydrogen) atoms. The van der Waals surface area contributed by atoms with Gasteiger partial charge in [0.25, 0.3) is 0 Å². The highest BCUT2D eigenvalue weighted by Crippen LogP contribution is 2.18. The molecule has 0 aromatic heterocycles. The molecule has 0 saturated heterocycles. The van der Waals surface area contributed by atoms with Gasteiger partial charge in [-0.05, 0) is 32.1 Å². The summed E-state index contributed by atoms with van der Waals surface area (Å²) in [5.74, 6) is 0.819. The summed E-state index contributed by atoms with van der Waals surface area (Å²) < 4.78 is 5.68. The minimum atomic E-state index is -0.506. The number of ether oxygens (including phenoxy) is 1. The molecule has 0 aliphatic carbocycles. The number of aliphatic hydroxyl groups excluding tert-OH is 1. The lowest BCUT2D eigenvalue weighted by atomic mass is 10.1. The Morgan fingerprint density at radius 2 is 2.15 bits per heavy atom. The van der Waals surface area contributed by atoms with Crippen LogP contribution in [0.1, 0.15) is 5.56 Å². The maximum absolute atomic E-state index is 9.88. The molecule has 0 spiro atoms. The largest absolute Gasteiger partial charge is 0.491 e. The van der Waals surface area contributed by atoms with E-state index in [-0.39, 0.29) is 0 Å². The maximum Gasteiger partial charge on any atom is 0.122 e. The first-order valence-corrected chi connectivity index (χ1v) is 6.98. The van der Waals surface area contributed by atoms with Crippen molar-refractivity contribution in [2.75, 3.05) is 40.3 Å². The summed E-state index contributed by atoms with van der Waals surface area (Å²) in [6.45, 7) is 6.38. The van der Waals surface area contributed by atoms with Gasteiger partial charge >= 0.3 is 0 Å². The van der Waals surface area contributed by atoms with Gasteiger partial charge in [0, 0.05) is 19.6 Å². The fourth-order valence-corrected chi connectivity index (χ4v) is 1.79. The lowest BCUT2D eigenvalue weighted by molar-refractivity contribution is 0.105. The zero-order chi connectivity index (χ0) is 14.8. The van der Waals surface area contributed by atoms with E-state index in [9.17, 15) is 5.11 Å². The molecule has 0 amide bonds. The molecule has 0 radical (unpaired) electrons. The number of likely N-dealkylation sites (N-methyl/N-ethyl adjacent to an activating group) is 1. The van der Waals surface area contributed by atoms with Crippen LogP contribution in [-0.2, 0) is 6.42 Å². The highest BCUT2D eigenvalue weighted by atomic mass is 16.5. The second-order valence-electron chi connectivity index (χ2n) is 5.07. The van der Waals surface area contributed by atoms with Crippen LogP contribution in [0.25, 0.3) is 0 Å². The summed E-state index contributed by atoms with van der Waals surface area (Å²) >= 11 is 0. The topological polar surface area (TPSA) is 44.7 Å². The van der Waals surface area contributed by atoms with E-state index in [0.717, 1.165) is 30.8 Å². The van der Waals surface area contributed by atoms with Gasteiger partial charge in [0.2, 0.25) is 0 Å². The van der Waals surface area contributed by atoms with Crippen LogP contribution >= 0.6 is 0 Å². The fraction of sp³-hybridized carbons (Fsp3) is 0.500. The third kappa shape index (κ3) is 6.70. The molecule has 1 atom stereocenters. The molecular weight excluding hydrogens is 252 g/mol. The Balaban J connectivity index is 2.30. The van der Waals surface area contributed by atoms with E-state index in [1.807, 2.05) is 44.4 Å². The van der Waals surface area contributed by atoms with Gasteiger partial charge in [0.1, 0.15) is 18.5 Å². The molecule has 112 valence electrons. The van der Waals surface area contributed by atoms with Gasteiger partial charge in [-0.2, -0.15) is 0 Å². The third-order valence-electron chi connectivity index (χ3n) is 2.88. The molecule has 1 rings (SSSR count). The second-order valence-corrected chi connectivity index (χ2v) is 5.07. The number of benzene rings is 1. The fourth-order valence-electron chi connectivity index (χ4n) is 1.79. The normalized spacial score (nSPS) is 12.4. The van der Waals surface area contributed by atoms with Gasteiger partial charge in [0.05, 0.1) is 0 Å². The zero-order valence-corrected chi connectivity index (χ0v) is 12.5. The molecule has 4 nitrogen and oxygen atoms in total. The lowest BCUT2D eigenvalue weighted by Gasteiger charge is -2.16. The van der Waals surface area contributed by atoms with E-state index in [1.54, 1.807) is 0 Å². The van der Waals surface area contributed by atoms with E-state index in [1.165, 1.54) is 0 Å². The SMILES string of the molecule is C=CCc1ccccc1OCC(O)CNCCN(C)C. The molecule has 1 unspecified atom stereocenters. The molecule has 1 aromatic rings. The summed E-state index contributed by atoms with van der Waals surface area (Å²) in [7, 11) is 4.05. The average molecular weight is 278 g/mol. The number of allylic oxidation sites excluding steroid dienone is 1. The molecule has 2 N–H and O–H groups in total. The Morgan fingerprint density at radius 1 is 1.40 bits per heavy atom. The number of nitrogens with one attached hydrogen (secondary N) is 1. The number of hydrogen-bond donors (Lipinski definition) is 2. The molecule has 1 aromatic carbocycles. The molecule has 4 heteroatoms. The van der Waals surface area contributed by atoms with Crippen molar-refractivity contribution in [1.82, 2.24) is 10.2 Å². The van der Waals surface area contributed by atoms with Gasteiger partial charge in [-0.25, -0.2) is 0 Å². The maximum atomic E-state index is 9.88. The Kier molecular flexibility index (Phi) is 7.95. The number of aliphatic hydroxyl groups is 1. The highest BCUT2D eigenvalue weighted by molar-refractivity contribution is 5.34. The third-order valence-corrected chi connectivity index (χ3v) is 2.88. The number of hydrogen-bond acceptors (Lipinski definition) is 4. The van der Waals surface area contributed by atoms with E-state index in [4.69, 9.17) is 4.74 Å². The highest BCUT2D eigenvalue weighted by Gasteiger charge is 2.07. The van der Waals surface area contributed by atoms with Crippen LogP contribution in [0, 0.1) is 0 Å². The van der Waals surface area contributed by atoms with E-state index in [0.29, 0.717) is 13.2 Å². The molecule has 0 aliphatic rings. The zero-order valence-electron chi connectivity index (χ0n) is 12.5. The molecular formula is C16H26N2O2. The Hall–Kier alpha value is -1.36. The van der Waals surface area contributed by atoms with E-state index < -0.39 is 6.10 Å². The van der Waals surface area contributed by atoms with Crippen LogP contribution in [0.3, 0.4) is 0 Å². The summed E-state index contributed by atoms with van der Waals surface area (Å²) in [6, 6.07) is 7.85. The molecule has 0 aliphatic heterocycles. The van der Waals surface area contributed by atoms with Crippen LogP contribution in [0.5, 0.6) is 5.75 Å². The number of rotatable bonds is 10. The standard InChI is InChI=1S/C16H26N2O2/c1-4-7-14-8-5-6-9-16(14)20-13-15(19)12-17-10-11-18(2)3/h4-6,8-9,15,17,19H,1,7,10-13H2,2-3H3. The second kappa shape index (κ2) is 9.53. The quantitative estimate of drug-likeness (QED) is 0.500. The minimum Gasteiger partial charge on any atom is -0.491 e. The average Bonchev–Trinajstić information content (AvgIpc) is 2.43. The van der Waals surface area contributed by atoms with E-state index >= 15 is 0 Å². The number of para-hydroxylation sites is 1. The Bertz CT molecular complexity index is 394. The predicted octanol–water partition coefficient (Wildman–Crippen LogP) is 1.31. The first kappa shape index (κ1) is 16.7. The van der Waals surface area contributed by atoms with E-state index in [2.05, 4.69) is 16.8 Å². The molecule has 0 heterocycles. The Morgan fingerprint density at radius 3 is 2.85 bits per heavy atom. The van der Waals surface area contributed by atoms with Crippen molar-refractivity contribution in [3.05, 3.63) is 42.5 Å². The van der Waals surface area contributed by atoms with Gasteiger partial charge in [-0.15, -0.1) is 6.58 Å². The molecule has 0 bridgehead atoms. The Labute approximate surface area is 122 Å². The lowest BCUT2D eigenvalue weighted by Crippen LogP contribution is -2.35. The van der Waals surface area contributed by atoms with Crippen LogP contribution in [0.4, 0.5) is 0 Å². The summed E-state index contributed by atoms with van der Waals surface area (Å²) in [6.07, 6.45) is 2.11. The van der Waals surface area contributed by atoms with Gasteiger partial charge in [0.15, 0.2) is 0 Å². The van der Waals surface area contributed by atoms with Crippen molar-refractivity contribution in [3.8, 4) is 5.75 Å². The van der Waals surface area contributed by atoms with Crippen molar-refractivity contribution >= 4 is 0 Å².